The van der Waals surface area contributed by atoms with Crippen molar-refractivity contribution < 1.29 is 25.8 Å². The van der Waals surface area contributed by atoms with E-state index in [2.05, 4.69) is 0 Å². The average molecular weight is 347 g/mol. The Kier molecular flexibility index (Phi) is 441. The van der Waals surface area contributed by atoms with E-state index in [9.17, 15) is 0 Å². The zero-order valence-electron chi connectivity index (χ0n) is 5.87. The third-order valence-corrected chi connectivity index (χ3v) is 0. The van der Waals surface area contributed by atoms with Gasteiger partial charge in [0, 0.05) is 0 Å². The summed E-state index contributed by atoms with van der Waals surface area (Å²) in [6.45, 7) is 0. The van der Waals surface area contributed by atoms with E-state index in [1.165, 1.54) is 19.6 Å². The summed E-state index contributed by atoms with van der Waals surface area (Å²) in [6, 6.07) is 0. The van der Waals surface area contributed by atoms with Gasteiger partial charge in [0.25, 0.3) is 0 Å². The summed E-state index contributed by atoms with van der Waals surface area (Å²) in [5.74, 6) is 0. The molecule has 0 saturated carbocycles. The van der Waals surface area contributed by atoms with Crippen LogP contribution in [-0.2, 0) is 25.8 Å². The van der Waals surface area contributed by atoms with Crippen molar-refractivity contribution >= 4 is 0 Å². The van der Waals surface area contributed by atoms with Crippen molar-refractivity contribution in [2.75, 3.05) is 0 Å². The normalized spacial score (nSPS) is 2.46. The van der Waals surface area contributed by atoms with Crippen molar-refractivity contribution in [2.24, 2.45) is 0 Å². The monoisotopic (exact) mass is 348 g/mol. The molecule has 0 amide bonds. The van der Waals surface area contributed by atoms with Crippen LogP contribution >= 0.6 is 0 Å². The third-order valence-electron chi connectivity index (χ3n) is 0. The quantitative estimate of drug-likeness (QED) is 0.265. The molecule has 0 atom stereocenters. The minimum Gasteiger partial charge on any atom is -0.373 e. The van der Waals surface area contributed by atoms with Crippen LogP contribution in [0.4, 0.5) is 0 Å². The van der Waals surface area contributed by atoms with Gasteiger partial charge in [0.2, 0.25) is 0 Å². The Morgan fingerprint density at radius 3 is 0.385 bits per heavy atom. The second kappa shape index (κ2) is 188. The topological polar surface area (TPSA) is 235 Å². The standard InChI is InChI=1S/Hf.4N3/c;4*1-3-2/q+4;4*-1. The molecule has 0 saturated heterocycles. The van der Waals surface area contributed by atoms with E-state index in [0.717, 1.165) is 0 Å². The van der Waals surface area contributed by atoms with Crippen LogP contribution in [0, 0.1) is 0 Å². The van der Waals surface area contributed by atoms with E-state index in [1.54, 1.807) is 0 Å². The smallest absolute Gasteiger partial charge is 0.373 e. The molecule has 0 aromatic rings. The van der Waals surface area contributed by atoms with Crippen LogP contribution in [0.2, 0.25) is 0 Å². The summed E-state index contributed by atoms with van der Waals surface area (Å²) in [7, 11) is 0. The minimum atomic E-state index is 0. The molecule has 64 valence electrons. The van der Waals surface area contributed by atoms with Crippen molar-refractivity contribution in [3.63, 3.8) is 0 Å². The van der Waals surface area contributed by atoms with Gasteiger partial charge in [-0.25, -0.2) is 0 Å². The fourth-order valence-corrected chi connectivity index (χ4v) is 0. The van der Waals surface area contributed by atoms with Crippen molar-refractivity contribution in [1.29, 1.82) is 0 Å². The summed E-state index contributed by atoms with van der Waals surface area (Å²) in [6.07, 6.45) is 0. The maximum absolute atomic E-state index is 6.75. The van der Waals surface area contributed by atoms with Gasteiger partial charge in [0.15, 0.2) is 0 Å². The van der Waals surface area contributed by atoms with Crippen LogP contribution in [0.1, 0.15) is 0 Å². The number of hydrogen-bond acceptors (Lipinski definition) is 0. The van der Waals surface area contributed by atoms with Gasteiger partial charge in [0.1, 0.15) is 0 Å². The van der Waals surface area contributed by atoms with Crippen LogP contribution in [0.25, 0.3) is 63.9 Å². The molecule has 0 aliphatic carbocycles. The third kappa shape index (κ3) is 186. The van der Waals surface area contributed by atoms with E-state index in [4.69, 9.17) is 44.2 Å². The second-order valence-corrected chi connectivity index (χ2v) is 0.358. The van der Waals surface area contributed by atoms with E-state index < -0.39 is 0 Å². The molecule has 0 heterocycles. The van der Waals surface area contributed by atoms with Crippen LogP contribution in [-0.4, -0.2) is 0 Å². The van der Waals surface area contributed by atoms with E-state index in [-0.39, 0.29) is 25.8 Å². The molecule has 0 unspecified atom stereocenters. The molecule has 0 rings (SSSR count). The fourth-order valence-electron chi connectivity index (χ4n) is 0. The maximum atomic E-state index is 6.75. The van der Waals surface area contributed by atoms with Gasteiger partial charge in [-0.15, -0.1) is 0 Å². The first kappa shape index (κ1) is 30.4. The molecular weight excluding hydrogens is 347 g/mol. The molecule has 0 fully saturated rings. The predicted molar refractivity (Wildman–Crippen MR) is 40.3 cm³/mol. The van der Waals surface area contributed by atoms with Gasteiger partial charge in [-0.2, -0.15) is 0 Å². The first-order chi connectivity index (χ1) is 5.66. The van der Waals surface area contributed by atoms with Gasteiger partial charge in [-0.1, -0.05) is 0 Å². The fraction of sp³-hybridized carbons (Fsp3) is 0. The van der Waals surface area contributed by atoms with Crippen molar-refractivity contribution in [2.45, 2.75) is 0 Å². The molecule has 0 radical (unpaired) electrons. The molecule has 0 aromatic carbocycles. The van der Waals surface area contributed by atoms with Crippen molar-refractivity contribution in [3.05, 3.63) is 63.9 Å². The summed E-state index contributed by atoms with van der Waals surface area (Å²) >= 11 is 0. The molecular formula is HfN12. The average Bonchev–Trinajstić information content (AvgIpc) is 1.92. The van der Waals surface area contributed by atoms with Gasteiger partial charge >= 0.3 is 25.8 Å². The Hall–Kier alpha value is -1.89. The molecule has 0 N–H and O–H groups in total. The summed E-state index contributed by atoms with van der Waals surface area (Å²) in [5, 5.41) is 0. The first-order valence-electron chi connectivity index (χ1n) is 1.60. The van der Waals surface area contributed by atoms with E-state index in [1.807, 2.05) is 0 Å². The SMILES string of the molecule is [Hf+4].[N-]=[N+]=[N-].[N-]=[N+]=[N-].[N-]=[N+]=[N-].[N-]=[N+]=[N-]. The Morgan fingerprint density at radius 1 is 0.385 bits per heavy atom. The van der Waals surface area contributed by atoms with Crippen LogP contribution in [0.3, 0.4) is 0 Å². The zero-order valence-corrected chi connectivity index (χ0v) is 9.46. The molecule has 12 nitrogen and oxygen atoms in total. The molecule has 0 aromatic heterocycles. The Morgan fingerprint density at radius 2 is 0.385 bits per heavy atom. The van der Waals surface area contributed by atoms with E-state index in [0.29, 0.717) is 0 Å². The van der Waals surface area contributed by atoms with Gasteiger partial charge < -0.3 is 44.2 Å². The molecule has 0 spiro atoms. The molecule has 0 aliphatic rings. The van der Waals surface area contributed by atoms with Gasteiger partial charge in [0.05, 0.1) is 0 Å². The maximum Gasteiger partial charge on any atom is 4.00 e. The minimum absolute atomic E-state index is 0. The predicted octanol–water partition coefficient (Wildman–Crippen LogP) is 3.46. The van der Waals surface area contributed by atoms with Crippen LogP contribution in [0.5, 0.6) is 0 Å². The molecule has 0 aliphatic heterocycles. The Balaban J connectivity index is -0.0000000213. The van der Waals surface area contributed by atoms with Crippen molar-refractivity contribution in [3.8, 4) is 0 Å². The zero-order chi connectivity index (χ0) is 10.8. The Labute approximate surface area is 90.0 Å². The second-order valence-electron chi connectivity index (χ2n) is 0.358. The van der Waals surface area contributed by atoms with E-state index >= 15 is 0 Å². The summed E-state index contributed by atoms with van der Waals surface area (Å²) in [5.41, 5.74) is 54.0. The molecule has 13 heteroatoms. The number of rotatable bonds is 0. The summed E-state index contributed by atoms with van der Waals surface area (Å²) < 4.78 is 0. The largest absolute Gasteiger partial charge is 4.00 e. The number of nitrogens with zero attached hydrogens (tertiary/aromatic N) is 12. The molecule has 0 bridgehead atoms. The van der Waals surface area contributed by atoms with Crippen molar-refractivity contribution in [1.82, 2.24) is 0 Å². The van der Waals surface area contributed by atoms with Gasteiger partial charge in [-0.3, -0.25) is 19.6 Å². The number of hydrogen-bond donors (Lipinski definition) is 0. The van der Waals surface area contributed by atoms with Crippen LogP contribution < -0.4 is 0 Å². The molecule has 13 heavy (non-hydrogen) atoms. The Bertz CT molecular complexity index is 137. The van der Waals surface area contributed by atoms with Crippen LogP contribution in [0.15, 0.2) is 0 Å². The summed E-state index contributed by atoms with van der Waals surface area (Å²) in [4.78, 5) is 6.00. The first-order valence-corrected chi connectivity index (χ1v) is 1.60. The van der Waals surface area contributed by atoms with Gasteiger partial charge in [-0.05, 0) is 0 Å².